The maximum absolute atomic E-state index is 12.7. The zero-order chi connectivity index (χ0) is 40.0. The van der Waals surface area contributed by atoms with E-state index in [0.717, 1.165) is 32.1 Å². The van der Waals surface area contributed by atoms with Gasteiger partial charge in [-0.15, -0.1) is 0 Å². The van der Waals surface area contributed by atoms with Crippen LogP contribution in [0.25, 0.3) is 0 Å². The summed E-state index contributed by atoms with van der Waals surface area (Å²) in [6.45, 7) is 4.41. The van der Waals surface area contributed by atoms with Crippen LogP contribution in [0.5, 0.6) is 0 Å². The molecule has 0 aliphatic heterocycles. The monoisotopic (exact) mass is 789 g/mol. The van der Waals surface area contributed by atoms with Gasteiger partial charge in [-0.25, -0.2) is 4.57 Å². The number of unbranched alkanes of at least 4 members (excludes halogenated alkanes) is 25. The molecule has 0 spiro atoms. The van der Waals surface area contributed by atoms with Crippen LogP contribution in [0.4, 0.5) is 0 Å². The summed E-state index contributed by atoms with van der Waals surface area (Å²) in [5.74, 6) is -0.794. The van der Waals surface area contributed by atoms with Gasteiger partial charge in [0.05, 0.1) is 27.7 Å². The zero-order valence-corrected chi connectivity index (χ0v) is 36.9. The van der Waals surface area contributed by atoms with Crippen molar-refractivity contribution in [2.75, 3.05) is 47.5 Å². The SMILES string of the molecule is CCCCCCCC/C=C/CCCCCCCCCCCCCC(=O)O[C@H](COC(=O)CCCCCCCCCCC)COP(=O)(O)OCC[N+](C)(C)C. The van der Waals surface area contributed by atoms with Crippen LogP contribution < -0.4 is 0 Å². The molecule has 0 aliphatic rings. The Morgan fingerprint density at radius 1 is 0.556 bits per heavy atom. The van der Waals surface area contributed by atoms with Crippen molar-refractivity contribution in [1.29, 1.82) is 0 Å². The predicted molar refractivity (Wildman–Crippen MR) is 224 cm³/mol. The number of esters is 2. The van der Waals surface area contributed by atoms with Gasteiger partial charge in [-0.1, -0.05) is 167 Å². The van der Waals surface area contributed by atoms with Gasteiger partial charge in [0.2, 0.25) is 0 Å². The Kier molecular flexibility index (Phi) is 36.5. The van der Waals surface area contributed by atoms with Gasteiger partial charge in [-0.05, 0) is 38.5 Å². The highest BCUT2D eigenvalue weighted by Crippen LogP contribution is 2.43. The lowest BCUT2D eigenvalue weighted by atomic mass is 10.0. The quantitative estimate of drug-likeness (QED) is 0.0214. The van der Waals surface area contributed by atoms with Gasteiger partial charge < -0.3 is 18.9 Å². The third-order valence-corrected chi connectivity index (χ3v) is 10.8. The van der Waals surface area contributed by atoms with Crippen molar-refractivity contribution in [3.63, 3.8) is 0 Å². The van der Waals surface area contributed by atoms with Gasteiger partial charge in [0.25, 0.3) is 0 Å². The maximum Gasteiger partial charge on any atom is 0.472 e. The lowest BCUT2D eigenvalue weighted by Gasteiger charge is -2.24. The molecule has 0 rings (SSSR count). The first-order valence-corrected chi connectivity index (χ1v) is 23.9. The van der Waals surface area contributed by atoms with E-state index in [9.17, 15) is 19.0 Å². The van der Waals surface area contributed by atoms with Gasteiger partial charge in [-0.2, -0.15) is 0 Å². The molecule has 320 valence electrons. The molecular weight excluding hydrogens is 701 g/mol. The van der Waals surface area contributed by atoms with Crippen molar-refractivity contribution < 1.29 is 42.1 Å². The minimum absolute atomic E-state index is 0.0347. The van der Waals surface area contributed by atoms with Crippen molar-refractivity contribution in [3.8, 4) is 0 Å². The normalized spacial score (nSPS) is 13.7. The van der Waals surface area contributed by atoms with E-state index in [1.165, 1.54) is 141 Å². The van der Waals surface area contributed by atoms with E-state index in [4.69, 9.17) is 18.5 Å². The topological polar surface area (TPSA) is 108 Å². The fourth-order valence-electron chi connectivity index (χ4n) is 6.24. The first-order chi connectivity index (χ1) is 26.0. The molecular formula is C44H87NO8P+. The van der Waals surface area contributed by atoms with E-state index in [0.29, 0.717) is 23.9 Å². The number of carbonyl (C=O) groups excluding carboxylic acids is 2. The number of ether oxygens (including phenoxy) is 2. The van der Waals surface area contributed by atoms with E-state index in [1.54, 1.807) is 0 Å². The second kappa shape index (κ2) is 37.3. The van der Waals surface area contributed by atoms with Crippen molar-refractivity contribution in [3.05, 3.63) is 12.2 Å². The number of phosphoric ester groups is 1. The predicted octanol–water partition coefficient (Wildman–Crippen LogP) is 12.6. The van der Waals surface area contributed by atoms with Crippen molar-refractivity contribution in [2.45, 2.75) is 213 Å². The number of hydrogen-bond acceptors (Lipinski definition) is 7. The third-order valence-electron chi connectivity index (χ3n) is 9.80. The van der Waals surface area contributed by atoms with Gasteiger partial charge in [-0.3, -0.25) is 18.6 Å². The average molecular weight is 789 g/mol. The van der Waals surface area contributed by atoms with Crippen LogP contribution in [-0.2, 0) is 32.7 Å². The number of phosphoric acid groups is 1. The van der Waals surface area contributed by atoms with E-state index in [2.05, 4.69) is 26.0 Å². The van der Waals surface area contributed by atoms with Crippen molar-refractivity contribution in [2.24, 2.45) is 0 Å². The molecule has 2 atom stereocenters. The summed E-state index contributed by atoms with van der Waals surface area (Å²) < 4.78 is 34.2. The molecule has 0 fully saturated rings. The molecule has 0 saturated heterocycles. The smallest absolute Gasteiger partial charge is 0.462 e. The lowest BCUT2D eigenvalue weighted by molar-refractivity contribution is -0.870. The number of allylic oxidation sites excluding steroid dienone is 2. The van der Waals surface area contributed by atoms with E-state index in [1.807, 2.05) is 21.1 Å². The highest BCUT2D eigenvalue weighted by molar-refractivity contribution is 7.47. The minimum atomic E-state index is -4.36. The summed E-state index contributed by atoms with van der Waals surface area (Å²) in [6, 6.07) is 0. The van der Waals surface area contributed by atoms with Crippen LogP contribution in [0.2, 0.25) is 0 Å². The number of nitrogens with zero attached hydrogens (tertiary/aromatic N) is 1. The zero-order valence-electron chi connectivity index (χ0n) is 36.0. The standard InChI is InChI=1S/C44H86NO8P/c1-6-8-10-12-14-16-17-18-19-20-21-22-23-24-25-26-27-29-31-33-35-37-44(47)53-42(41-52-54(48,49)51-39-38-45(3,4)5)40-50-43(46)36-34-32-30-28-15-13-11-9-7-2/h18-19,42H,6-17,20-41H2,1-5H3/p+1/b19-18+/t42-/m1/s1. The number of rotatable bonds is 41. The number of hydrogen-bond donors (Lipinski definition) is 1. The fourth-order valence-corrected chi connectivity index (χ4v) is 6.99. The molecule has 0 radical (unpaired) electrons. The number of quaternary nitrogens is 1. The molecule has 0 saturated carbocycles. The largest absolute Gasteiger partial charge is 0.472 e. The number of likely N-dealkylation sites (N-methyl/N-ethyl adjacent to an activating group) is 1. The molecule has 0 bridgehead atoms. The van der Waals surface area contributed by atoms with Gasteiger partial charge in [0.1, 0.15) is 19.8 Å². The maximum atomic E-state index is 12.7. The molecule has 1 unspecified atom stereocenters. The summed E-state index contributed by atoms with van der Waals surface area (Å²) in [7, 11) is 1.49. The molecule has 0 aromatic heterocycles. The Morgan fingerprint density at radius 2 is 0.944 bits per heavy atom. The molecule has 0 heterocycles. The minimum Gasteiger partial charge on any atom is -0.462 e. The molecule has 54 heavy (non-hydrogen) atoms. The van der Waals surface area contributed by atoms with Crippen LogP contribution >= 0.6 is 7.82 Å². The van der Waals surface area contributed by atoms with Gasteiger partial charge in [0.15, 0.2) is 6.10 Å². The molecule has 0 aromatic rings. The first kappa shape index (κ1) is 52.8. The Balaban J connectivity index is 4.21. The second-order valence-corrected chi connectivity index (χ2v) is 17.9. The summed E-state index contributed by atoms with van der Waals surface area (Å²) in [6.07, 6.45) is 38.4. The van der Waals surface area contributed by atoms with Crippen molar-refractivity contribution >= 4 is 19.8 Å². The Morgan fingerprint density at radius 3 is 1.37 bits per heavy atom. The lowest BCUT2D eigenvalue weighted by Crippen LogP contribution is -2.37. The highest BCUT2D eigenvalue weighted by Gasteiger charge is 2.27. The highest BCUT2D eigenvalue weighted by atomic mass is 31.2. The fraction of sp³-hybridized carbons (Fsp3) is 0.909. The average Bonchev–Trinajstić information content (AvgIpc) is 3.12. The van der Waals surface area contributed by atoms with Crippen LogP contribution in [-0.4, -0.2) is 74.9 Å². The van der Waals surface area contributed by atoms with Crippen LogP contribution in [0.1, 0.15) is 206 Å². The molecule has 1 N–H and O–H groups in total. The summed E-state index contributed by atoms with van der Waals surface area (Å²) in [5, 5.41) is 0. The first-order valence-electron chi connectivity index (χ1n) is 22.4. The van der Waals surface area contributed by atoms with E-state index in [-0.39, 0.29) is 25.6 Å². The molecule has 9 nitrogen and oxygen atoms in total. The molecule has 0 aromatic carbocycles. The third kappa shape index (κ3) is 40.4. The second-order valence-electron chi connectivity index (χ2n) is 16.4. The van der Waals surface area contributed by atoms with E-state index < -0.39 is 26.5 Å². The summed E-state index contributed by atoms with van der Waals surface area (Å²) in [4.78, 5) is 35.2. The van der Waals surface area contributed by atoms with Gasteiger partial charge in [0, 0.05) is 12.8 Å². The summed E-state index contributed by atoms with van der Waals surface area (Å²) >= 11 is 0. The Bertz CT molecular complexity index is 938. The Labute approximate surface area is 333 Å². The van der Waals surface area contributed by atoms with Crippen LogP contribution in [0.3, 0.4) is 0 Å². The van der Waals surface area contributed by atoms with Gasteiger partial charge >= 0.3 is 19.8 Å². The van der Waals surface area contributed by atoms with Crippen molar-refractivity contribution in [1.82, 2.24) is 0 Å². The van der Waals surface area contributed by atoms with Crippen LogP contribution in [0, 0.1) is 0 Å². The summed E-state index contributed by atoms with van der Waals surface area (Å²) in [5.41, 5.74) is 0. The number of carbonyl (C=O) groups is 2. The molecule has 10 heteroatoms. The van der Waals surface area contributed by atoms with Crippen LogP contribution in [0.15, 0.2) is 12.2 Å². The van der Waals surface area contributed by atoms with E-state index >= 15 is 0 Å². The molecule has 0 aliphatic carbocycles. The molecule has 0 amide bonds. The Hall–Kier alpha value is -1.25.